The van der Waals surface area contributed by atoms with E-state index in [0.717, 1.165) is 0 Å². The summed E-state index contributed by atoms with van der Waals surface area (Å²) in [6, 6.07) is 0. The summed E-state index contributed by atoms with van der Waals surface area (Å²) in [6.45, 7) is 0. The van der Waals surface area contributed by atoms with Crippen molar-refractivity contribution in [3.05, 3.63) is 6.42 Å². The molecular formula is C4H4Cl2F3. The molecule has 0 nitrogen and oxygen atoms in total. The molecular weight excluding hydrogens is 176 g/mol. The Kier molecular flexibility index (Phi) is 3.66. The average Bonchev–Trinajstić information content (AvgIpc) is 1.59. The van der Waals surface area contributed by atoms with Crippen LogP contribution < -0.4 is 0 Å². The van der Waals surface area contributed by atoms with E-state index >= 15 is 0 Å². The molecule has 0 aromatic rings. The van der Waals surface area contributed by atoms with Crippen molar-refractivity contribution in [1.82, 2.24) is 0 Å². The average molecular weight is 180 g/mol. The van der Waals surface area contributed by atoms with E-state index in [2.05, 4.69) is 0 Å². The largest absolute Gasteiger partial charge is 0.392 e. The van der Waals surface area contributed by atoms with Crippen molar-refractivity contribution in [2.24, 2.45) is 0 Å². The van der Waals surface area contributed by atoms with Gasteiger partial charge in [0.25, 0.3) is 0 Å². The van der Waals surface area contributed by atoms with Gasteiger partial charge in [0.05, 0.1) is 6.42 Å². The Bertz CT molecular complexity index is 78.4. The molecule has 0 spiro atoms. The van der Waals surface area contributed by atoms with Crippen LogP contribution in [0.1, 0.15) is 6.42 Å². The van der Waals surface area contributed by atoms with Crippen LogP contribution in [0, 0.1) is 6.42 Å². The van der Waals surface area contributed by atoms with Crippen molar-refractivity contribution in [2.75, 3.05) is 0 Å². The first-order valence-corrected chi connectivity index (χ1v) is 2.98. The third-order valence-electron chi connectivity index (χ3n) is 0.527. The minimum atomic E-state index is -4.26. The molecule has 0 saturated heterocycles. The van der Waals surface area contributed by atoms with Crippen molar-refractivity contribution in [3.63, 3.8) is 0 Å². The maximum atomic E-state index is 11.2. The molecule has 0 bridgehead atoms. The Balaban J connectivity index is 3.28. The molecule has 0 atom stereocenters. The first-order chi connectivity index (χ1) is 3.92. The fourth-order valence-corrected chi connectivity index (χ4v) is 0.401. The molecule has 55 valence electrons. The Labute approximate surface area is 60.9 Å². The normalized spacial score (nSPS) is 12.7. The number of hydrogen-bond acceptors (Lipinski definition) is 0. The number of alkyl halides is 5. The Morgan fingerprint density at radius 2 is 1.78 bits per heavy atom. The van der Waals surface area contributed by atoms with Gasteiger partial charge in [-0.15, -0.1) is 23.2 Å². The number of hydrogen-bond donors (Lipinski definition) is 0. The van der Waals surface area contributed by atoms with Gasteiger partial charge in [0.1, 0.15) is 4.84 Å². The van der Waals surface area contributed by atoms with E-state index in [9.17, 15) is 13.2 Å². The number of rotatable bonds is 2. The van der Waals surface area contributed by atoms with Crippen LogP contribution in [0.3, 0.4) is 0 Å². The highest BCUT2D eigenvalue weighted by Gasteiger charge is 2.27. The molecule has 0 saturated carbocycles. The first-order valence-electron chi connectivity index (χ1n) is 2.11. The van der Waals surface area contributed by atoms with Crippen LogP contribution in [0.15, 0.2) is 0 Å². The zero-order chi connectivity index (χ0) is 7.49. The van der Waals surface area contributed by atoms with E-state index < -0.39 is 11.0 Å². The number of halogens is 5. The summed E-state index contributed by atoms with van der Waals surface area (Å²) < 4.78 is 33.7. The highest BCUT2D eigenvalue weighted by atomic mass is 35.5. The monoisotopic (exact) mass is 179 g/mol. The third kappa shape index (κ3) is 8.37. The van der Waals surface area contributed by atoms with Gasteiger partial charge in [0, 0.05) is 0 Å². The van der Waals surface area contributed by atoms with Crippen LogP contribution in [-0.2, 0) is 0 Å². The quantitative estimate of drug-likeness (QED) is 0.573. The predicted octanol–water partition coefficient (Wildman–Crippen LogP) is 2.95. The molecule has 0 rings (SSSR count). The van der Waals surface area contributed by atoms with E-state index in [1.165, 1.54) is 0 Å². The van der Waals surface area contributed by atoms with Gasteiger partial charge in [0.2, 0.25) is 0 Å². The lowest BCUT2D eigenvalue weighted by atomic mass is 10.3. The van der Waals surface area contributed by atoms with Gasteiger partial charge >= 0.3 is 6.18 Å². The summed E-state index contributed by atoms with van der Waals surface area (Å²) >= 11 is 10.0. The summed E-state index contributed by atoms with van der Waals surface area (Å²) in [5.41, 5.74) is 0. The molecule has 0 aromatic carbocycles. The van der Waals surface area contributed by atoms with Crippen LogP contribution in [0.25, 0.3) is 0 Å². The predicted molar refractivity (Wildman–Crippen MR) is 30.5 cm³/mol. The maximum absolute atomic E-state index is 11.2. The van der Waals surface area contributed by atoms with Crippen molar-refractivity contribution < 1.29 is 13.2 Å². The van der Waals surface area contributed by atoms with Gasteiger partial charge in [-0.05, 0) is 6.42 Å². The van der Waals surface area contributed by atoms with Gasteiger partial charge in [-0.25, -0.2) is 0 Å². The zero-order valence-corrected chi connectivity index (χ0v) is 5.76. The SMILES string of the molecule is FC(F)(F)[CH]CC(Cl)Cl. The highest BCUT2D eigenvalue weighted by Crippen LogP contribution is 2.23. The molecule has 0 aliphatic rings. The molecule has 0 heterocycles. The van der Waals surface area contributed by atoms with Crippen LogP contribution >= 0.6 is 23.2 Å². The van der Waals surface area contributed by atoms with Crippen molar-refractivity contribution in [2.45, 2.75) is 17.4 Å². The molecule has 0 aliphatic heterocycles. The summed E-state index contributed by atoms with van der Waals surface area (Å²) in [4.78, 5) is -0.966. The Morgan fingerprint density at radius 3 is 1.89 bits per heavy atom. The van der Waals surface area contributed by atoms with Crippen LogP contribution in [0.4, 0.5) is 13.2 Å². The minimum Gasteiger partial charge on any atom is -0.171 e. The second-order valence-electron chi connectivity index (χ2n) is 1.37. The summed E-state index contributed by atoms with van der Waals surface area (Å²) in [7, 11) is 0. The molecule has 0 N–H and O–H groups in total. The minimum absolute atomic E-state index is 0.123. The van der Waals surface area contributed by atoms with Crippen molar-refractivity contribution in [1.29, 1.82) is 0 Å². The van der Waals surface area contributed by atoms with Crippen molar-refractivity contribution in [3.8, 4) is 0 Å². The van der Waals surface area contributed by atoms with E-state index in [4.69, 9.17) is 23.2 Å². The fraction of sp³-hybridized carbons (Fsp3) is 0.750. The summed E-state index contributed by atoms with van der Waals surface area (Å²) in [5.74, 6) is 0. The molecule has 0 aliphatic carbocycles. The first kappa shape index (κ1) is 9.37. The molecule has 0 fully saturated rings. The third-order valence-corrected chi connectivity index (χ3v) is 0.884. The van der Waals surface area contributed by atoms with Gasteiger partial charge in [-0.3, -0.25) is 0 Å². The fourth-order valence-electron chi connectivity index (χ4n) is 0.223. The summed E-state index contributed by atoms with van der Waals surface area (Å²) in [5, 5.41) is 0. The van der Waals surface area contributed by atoms with Gasteiger partial charge < -0.3 is 0 Å². The van der Waals surface area contributed by atoms with Gasteiger partial charge in [-0.1, -0.05) is 0 Å². The summed E-state index contributed by atoms with van der Waals surface area (Å²) in [6.07, 6.45) is -4.49. The lowest BCUT2D eigenvalue weighted by Crippen LogP contribution is -2.09. The second-order valence-corrected chi connectivity index (χ2v) is 2.65. The standard InChI is InChI=1S/C4H4Cl2F3/c5-3(6)1-2-4(7,8)9/h2-3H,1H2. The molecule has 1 radical (unpaired) electrons. The second kappa shape index (κ2) is 3.52. The van der Waals surface area contributed by atoms with Gasteiger partial charge in [0.15, 0.2) is 0 Å². The van der Waals surface area contributed by atoms with E-state index in [1.54, 1.807) is 0 Å². The molecule has 0 amide bonds. The van der Waals surface area contributed by atoms with Crippen molar-refractivity contribution >= 4 is 23.2 Å². The van der Waals surface area contributed by atoms with Crippen LogP contribution in [-0.4, -0.2) is 11.0 Å². The van der Waals surface area contributed by atoms with Crippen LogP contribution in [0.5, 0.6) is 0 Å². The van der Waals surface area contributed by atoms with E-state index in [-0.39, 0.29) is 12.8 Å². The zero-order valence-electron chi connectivity index (χ0n) is 4.25. The molecule has 0 unspecified atom stereocenters. The molecule has 0 aromatic heterocycles. The highest BCUT2D eigenvalue weighted by molar-refractivity contribution is 6.44. The lowest BCUT2D eigenvalue weighted by Gasteiger charge is -2.04. The lowest BCUT2D eigenvalue weighted by molar-refractivity contribution is -0.0978. The topological polar surface area (TPSA) is 0 Å². The molecule has 9 heavy (non-hydrogen) atoms. The Hall–Kier alpha value is 0.370. The van der Waals surface area contributed by atoms with E-state index in [0.29, 0.717) is 0 Å². The Morgan fingerprint density at radius 1 is 1.33 bits per heavy atom. The smallest absolute Gasteiger partial charge is 0.171 e. The molecule has 5 heteroatoms. The van der Waals surface area contributed by atoms with Crippen LogP contribution in [0.2, 0.25) is 0 Å². The van der Waals surface area contributed by atoms with E-state index in [1.807, 2.05) is 0 Å². The van der Waals surface area contributed by atoms with Gasteiger partial charge in [-0.2, -0.15) is 13.2 Å². The maximum Gasteiger partial charge on any atom is 0.392 e.